The quantitative estimate of drug-likeness (QED) is 0.403. The highest BCUT2D eigenvalue weighted by molar-refractivity contribution is 6.10. The molecule has 7 heteroatoms. The van der Waals surface area contributed by atoms with Crippen LogP contribution in [0.5, 0.6) is 11.5 Å². The summed E-state index contributed by atoms with van der Waals surface area (Å²) in [7, 11) is 3.10. The number of para-hydroxylation sites is 1. The zero-order valence-corrected chi connectivity index (χ0v) is 22.3. The van der Waals surface area contributed by atoms with Crippen LogP contribution in [-0.2, 0) is 4.79 Å². The van der Waals surface area contributed by atoms with Gasteiger partial charge in [0.2, 0.25) is 5.91 Å². The van der Waals surface area contributed by atoms with E-state index in [-0.39, 0.29) is 17.9 Å². The van der Waals surface area contributed by atoms with Crippen molar-refractivity contribution in [1.82, 2.24) is 5.32 Å². The lowest BCUT2D eigenvalue weighted by atomic mass is 9.94. The van der Waals surface area contributed by atoms with Gasteiger partial charge in [0.15, 0.2) is 11.5 Å². The van der Waals surface area contributed by atoms with E-state index in [1.165, 1.54) is 12.7 Å². The Balaban J connectivity index is 1.91. The van der Waals surface area contributed by atoms with Gasteiger partial charge in [-0.2, -0.15) is 0 Å². The smallest absolute Gasteiger partial charge is 0.262 e. The Morgan fingerprint density at radius 3 is 2.35 bits per heavy atom. The molecule has 1 heterocycles. The minimum Gasteiger partial charge on any atom is -0.493 e. The summed E-state index contributed by atoms with van der Waals surface area (Å²) in [6.45, 7) is 5.76. The number of nitrogens with one attached hydrogen (secondary N) is 1. The van der Waals surface area contributed by atoms with Gasteiger partial charge in [-0.25, -0.2) is 0 Å². The van der Waals surface area contributed by atoms with E-state index in [2.05, 4.69) is 5.32 Å². The van der Waals surface area contributed by atoms with E-state index in [0.717, 1.165) is 36.8 Å². The number of aryl methyl sites for hydroxylation is 3. The maximum absolute atomic E-state index is 14.2. The van der Waals surface area contributed by atoms with Gasteiger partial charge in [0.05, 0.1) is 26.0 Å². The lowest BCUT2D eigenvalue weighted by Gasteiger charge is -2.34. The molecule has 0 aliphatic heterocycles. The summed E-state index contributed by atoms with van der Waals surface area (Å²) in [5, 5.41) is 3.24. The molecule has 1 aromatic heterocycles. The first-order valence-electron chi connectivity index (χ1n) is 12.8. The third kappa shape index (κ3) is 5.50. The number of hydrogen-bond donors (Lipinski definition) is 1. The van der Waals surface area contributed by atoms with Gasteiger partial charge in [-0.3, -0.25) is 14.5 Å². The highest BCUT2D eigenvalue weighted by Crippen LogP contribution is 2.40. The van der Waals surface area contributed by atoms with Gasteiger partial charge in [0, 0.05) is 17.3 Å². The average molecular weight is 505 g/mol. The van der Waals surface area contributed by atoms with E-state index in [4.69, 9.17) is 13.9 Å². The molecule has 2 amide bonds. The van der Waals surface area contributed by atoms with Gasteiger partial charge < -0.3 is 19.2 Å². The van der Waals surface area contributed by atoms with Gasteiger partial charge in [0.25, 0.3) is 5.91 Å². The molecule has 1 aliphatic rings. The van der Waals surface area contributed by atoms with E-state index in [0.29, 0.717) is 34.1 Å². The monoisotopic (exact) mass is 504 g/mol. The molecule has 2 aromatic carbocycles. The zero-order valence-electron chi connectivity index (χ0n) is 22.3. The first-order valence-corrected chi connectivity index (χ1v) is 12.8. The van der Waals surface area contributed by atoms with E-state index >= 15 is 0 Å². The van der Waals surface area contributed by atoms with Crippen LogP contribution in [0.2, 0.25) is 0 Å². The molecule has 1 aliphatic carbocycles. The van der Waals surface area contributed by atoms with Crippen LogP contribution in [0.4, 0.5) is 5.69 Å². The molecule has 0 spiro atoms. The van der Waals surface area contributed by atoms with Gasteiger partial charge in [-0.15, -0.1) is 0 Å². The summed E-state index contributed by atoms with van der Waals surface area (Å²) in [5.41, 5.74) is 3.67. The molecule has 3 aromatic rings. The van der Waals surface area contributed by atoms with Crippen LogP contribution in [0.3, 0.4) is 0 Å². The molecule has 0 radical (unpaired) electrons. The van der Waals surface area contributed by atoms with Crippen LogP contribution in [0, 0.1) is 20.8 Å². The summed E-state index contributed by atoms with van der Waals surface area (Å²) in [4.78, 5) is 29.9. The molecule has 0 bridgehead atoms. The van der Waals surface area contributed by atoms with Gasteiger partial charge in [-0.1, -0.05) is 37.5 Å². The average Bonchev–Trinajstić information content (AvgIpc) is 3.34. The van der Waals surface area contributed by atoms with Crippen LogP contribution in [0.15, 0.2) is 53.1 Å². The van der Waals surface area contributed by atoms with Gasteiger partial charge in [0.1, 0.15) is 11.8 Å². The number of carbonyl (C=O) groups is 2. The Kier molecular flexibility index (Phi) is 8.21. The number of benzene rings is 2. The number of rotatable bonds is 8. The molecule has 196 valence electrons. The highest BCUT2D eigenvalue weighted by Gasteiger charge is 2.38. The van der Waals surface area contributed by atoms with E-state index in [1.807, 2.05) is 44.2 Å². The first-order chi connectivity index (χ1) is 17.8. The van der Waals surface area contributed by atoms with E-state index < -0.39 is 6.04 Å². The second-order valence-electron chi connectivity index (χ2n) is 9.66. The minimum absolute atomic E-state index is 0.0627. The van der Waals surface area contributed by atoms with Crippen molar-refractivity contribution in [2.45, 2.75) is 65.0 Å². The molecule has 7 nitrogen and oxygen atoms in total. The van der Waals surface area contributed by atoms with Crippen molar-refractivity contribution in [2.75, 3.05) is 19.1 Å². The van der Waals surface area contributed by atoms with Crippen LogP contribution < -0.4 is 19.7 Å². The number of nitrogens with zero attached hydrogens (tertiary/aromatic N) is 1. The molecule has 1 atom stereocenters. The first kappa shape index (κ1) is 26.3. The molecule has 1 saturated carbocycles. The molecule has 1 unspecified atom stereocenters. The third-order valence-electron chi connectivity index (χ3n) is 7.26. The van der Waals surface area contributed by atoms with Crippen LogP contribution >= 0.6 is 0 Å². The molecule has 0 saturated heterocycles. The van der Waals surface area contributed by atoms with Crippen molar-refractivity contribution in [3.8, 4) is 11.5 Å². The van der Waals surface area contributed by atoms with Crippen LogP contribution in [0.25, 0.3) is 0 Å². The van der Waals surface area contributed by atoms with Crippen molar-refractivity contribution in [2.24, 2.45) is 0 Å². The Morgan fingerprint density at radius 1 is 0.973 bits per heavy atom. The molecular formula is C30H36N2O5. The topological polar surface area (TPSA) is 81.0 Å². The summed E-state index contributed by atoms with van der Waals surface area (Å²) < 4.78 is 16.8. The summed E-state index contributed by atoms with van der Waals surface area (Å²) in [6, 6.07) is 11.9. The second kappa shape index (κ2) is 11.5. The maximum atomic E-state index is 14.2. The molecular weight excluding hydrogens is 468 g/mol. The summed E-state index contributed by atoms with van der Waals surface area (Å²) in [6.07, 6.45) is 6.66. The van der Waals surface area contributed by atoms with Crippen molar-refractivity contribution in [1.29, 1.82) is 0 Å². The number of hydrogen-bond acceptors (Lipinski definition) is 5. The Morgan fingerprint density at radius 2 is 1.73 bits per heavy atom. The van der Waals surface area contributed by atoms with Crippen LogP contribution in [0.1, 0.15) is 71.0 Å². The SMILES string of the molecule is COc1cccc(C(C(=O)NC2CCCCC2)N(C(=O)c2ccoc2C)c2ccc(C)c(C)c2)c1OC. The molecule has 37 heavy (non-hydrogen) atoms. The number of methoxy groups -OCH3 is 2. The van der Waals surface area contributed by atoms with Gasteiger partial charge in [-0.05, 0) is 69.0 Å². The molecule has 1 fully saturated rings. The zero-order chi connectivity index (χ0) is 26.5. The number of ether oxygens (including phenoxy) is 2. The Bertz CT molecular complexity index is 1260. The van der Waals surface area contributed by atoms with Crippen molar-refractivity contribution >= 4 is 17.5 Å². The number of anilines is 1. The minimum atomic E-state index is -1.00. The highest BCUT2D eigenvalue weighted by atomic mass is 16.5. The fourth-order valence-electron chi connectivity index (χ4n) is 5.05. The normalized spacial score (nSPS) is 14.6. The second-order valence-corrected chi connectivity index (χ2v) is 9.66. The van der Waals surface area contributed by atoms with Crippen molar-refractivity contribution in [3.05, 3.63) is 76.7 Å². The number of carbonyl (C=O) groups excluding carboxylic acids is 2. The molecule has 4 rings (SSSR count). The van der Waals surface area contributed by atoms with E-state index in [9.17, 15) is 9.59 Å². The lowest BCUT2D eigenvalue weighted by Crippen LogP contribution is -2.47. The predicted molar refractivity (Wildman–Crippen MR) is 143 cm³/mol. The Hall–Kier alpha value is -3.74. The number of amides is 2. The Labute approximate surface area is 218 Å². The van der Waals surface area contributed by atoms with E-state index in [1.54, 1.807) is 38.2 Å². The van der Waals surface area contributed by atoms with Crippen molar-refractivity contribution < 1.29 is 23.5 Å². The molecule has 1 N–H and O–H groups in total. The summed E-state index contributed by atoms with van der Waals surface area (Å²) >= 11 is 0. The predicted octanol–water partition coefficient (Wildman–Crippen LogP) is 6.06. The van der Waals surface area contributed by atoms with Gasteiger partial charge >= 0.3 is 0 Å². The third-order valence-corrected chi connectivity index (χ3v) is 7.26. The number of furan rings is 1. The van der Waals surface area contributed by atoms with Crippen LogP contribution in [-0.4, -0.2) is 32.1 Å². The maximum Gasteiger partial charge on any atom is 0.262 e. The summed E-state index contributed by atoms with van der Waals surface area (Å²) in [5.74, 6) is 0.805. The fourth-order valence-corrected chi connectivity index (χ4v) is 5.05. The lowest BCUT2D eigenvalue weighted by molar-refractivity contribution is -0.123. The standard InChI is InChI=1S/C30H36N2O5/c1-19-14-15-23(18-20(19)2)32(30(34)24-16-17-37-21(24)3)27(29(33)31-22-10-7-6-8-11-22)25-12-9-13-26(35-4)28(25)36-5/h9,12-18,22,27H,6-8,10-11H2,1-5H3,(H,31,33). The fraction of sp³-hybridized carbons (Fsp3) is 0.400. The largest absolute Gasteiger partial charge is 0.493 e. The van der Waals surface area contributed by atoms with Crippen molar-refractivity contribution in [3.63, 3.8) is 0 Å².